The van der Waals surface area contributed by atoms with E-state index in [1.807, 2.05) is 37.1 Å². The Morgan fingerprint density at radius 2 is 1.76 bits per heavy atom. The van der Waals surface area contributed by atoms with Crippen molar-refractivity contribution in [1.82, 2.24) is 19.4 Å². The number of aryl methyl sites for hydroxylation is 2. The molecule has 3 heterocycles. The number of aliphatic hydroxyl groups excluding tert-OH is 1. The summed E-state index contributed by atoms with van der Waals surface area (Å²) in [6, 6.07) is 6.78. The molecule has 7 heteroatoms. The van der Waals surface area contributed by atoms with Gasteiger partial charge in [0.15, 0.2) is 0 Å². The van der Waals surface area contributed by atoms with Crippen LogP contribution in [0.5, 0.6) is 0 Å². The summed E-state index contributed by atoms with van der Waals surface area (Å²) in [5.41, 5.74) is 5.35. The summed E-state index contributed by atoms with van der Waals surface area (Å²) < 4.78 is 2.36. The Labute approximate surface area is 226 Å². The number of likely N-dealkylation sites (tertiary alicyclic amines) is 1. The number of nitrogens with zero attached hydrogens (tertiary/aromatic N) is 4. The largest absolute Gasteiger partial charge is 0.393 e. The topological polar surface area (TPSA) is 83.3 Å². The monoisotopic (exact) mass is 517 g/mol. The Morgan fingerprint density at radius 3 is 2.42 bits per heavy atom. The van der Waals surface area contributed by atoms with Crippen LogP contribution in [0, 0.1) is 13.8 Å². The zero-order valence-corrected chi connectivity index (χ0v) is 23.4. The maximum absolute atomic E-state index is 13.2. The minimum Gasteiger partial charge on any atom is -0.393 e. The van der Waals surface area contributed by atoms with Crippen molar-refractivity contribution < 1.29 is 9.90 Å². The molecule has 7 nitrogen and oxygen atoms in total. The minimum atomic E-state index is -0.187. The molecule has 0 spiro atoms. The zero-order chi connectivity index (χ0) is 26.8. The van der Waals surface area contributed by atoms with E-state index in [0.29, 0.717) is 23.9 Å². The van der Waals surface area contributed by atoms with Gasteiger partial charge in [-0.15, -0.1) is 0 Å². The van der Waals surface area contributed by atoms with Crippen LogP contribution in [0.25, 0.3) is 11.0 Å². The fourth-order valence-electron chi connectivity index (χ4n) is 6.46. The van der Waals surface area contributed by atoms with Gasteiger partial charge in [-0.05, 0) is 89.3 Å². The summed E-state index contributed by atoms with van der Waals surface area (Å²) in [7, 11) is 0. The third-order valence-electron chi connectivity index (χ3n) is 8.45. The smallest absolute Gasteiger partial charge is 0.253 e. The molecule has 2 fully saturated rings. The van der Waals surface area contributed by atoms with E-state index in [1.54, 1.807) is 0 Å². The summed E-state index contributed by atoms with van der Waals surface area (Å²) in [6.07, 6.45) is 11.8. The normalized spacial score (nSPS) is 21.6. The van der Waals surface area contributed by atoms with Gasteiger partial charge in [0.05, 0.1) is 6.10 Å². The summed E-state index contributed by atoms with van der Waals surface area (Å²) in [5, 5.41) is 14.7. The molecule has 204 valence electrons. The van der Waals surface area contributed by atoms with Crippen molar-refractivity contribution in [2.75, 3.05) is 18.4 Å². The molecule has 2 N–H and O–H groups in total. The molecule has 1 aliphatic heterocycles. The molecule has 2 aromatic heterocycles. The van der Waals surface area contributed by atoms with Crippen LogP contribution in [-0.2, 0) is 0 Å². The number of carbonyl (C=O) groups is 1. The van der Waals surface area contributed by atoms with Crippen molar-refractivity contribution in [3.63, 3.8) is 0 Å². The third-order valence-corrected chi connectivity index (χ3v) is 8.45. The first kappa shape index (κ1) is 26.7. The summed E-state index contributed by atoms with van der Waals surface area (Å²) >= 11 is 0. The maximum Gasteiger partial charge on any atom is 0.253 e. The van der Waals surface area contributed by atoms with Crippen molar-refractivity contribution in [1.29, 1.82) is 0 Å². The van der Waals surface area contributed by atoms with Gasteiger partial charge >= 0.3 is 0 Å². The fourth-order valence-corrected chi connectivity index (χ4v) is 6.46. The number of hydrogen-bond donors (Lipinski definition) is 2. The number of benzene rings is 1. The van der Waals surface area contributed by atoms with Crippen molar-refractivity contribution in [3.8, 4) is 0 Å². The first-order chi connectivity index (χ1) is 18.3. The molecule has 1 saturated heterocycles. The third kappa shape index (κ3) is 5.73. The molecule has 1 amide bonds. The second kappa shape index (κ2) is 11.4. The average Bonchev–Trinajstić information content (AvgIpc) is 3.27. The van der Waals surface area contributed by atoms with Crippen LogP contribution in [0.1, 0.15) is 104 Å². The standard InChI is InChI=1S/C31H43N5O2/c1-5-6-22(4)33-31-32-18-27-28(19-36(29(27)34-31)25-7-9-26(37)10-8-25)23-11-13-35(14-12-23)30(38)24-16-20(2)15-21(3)17-24/h15-19,22-23,25-26,37H,5-14H2,1-4H3,(H,32,33,34)/t22-,25?,26?/m0/s1. The van der Waals surface area contributed by atoms with Crippen molar-refractivity contribution in [3.05, 3.63) is 52.8 Å². The van der Waals surface area contributed by atoms with E-state index < -0.39 is 0 Å². The molecule has 38 heavy (non-hydrogen) atoms. The van der Waals surface area contributed by atoms with E-state index in [2.05, 4.69) is 36.0 Å². The number of rotatable bonds is 7. The number of anilines is 1. The number of carbonyl (C=O) groups excluding carboxylic acids is 1. The van der Waals surface area contributed by atoms with E-state index >= 15 is 0 Å². The molecule has 0 unspecified atom stereocenters. The Balaban J connectivity index is 1.38. The number of nitrogens with one attached hydrogen (secondary N) is 1. The zero-order valence-electron chi connectivity index (χ0n) is 23.4. The lowest BCUT2D eigenvalue weighted by molar-refractivity contribution is 0.0713. The number of piperidine rings is 1. The van der Waals surface area contributed by atoms with E-state index in [1.165, 1.54) is 5.56 Å². The first-order valence-electron chi connectivity index (χ1n) is 14.5. The molecular formula is C31H43N5O2. The Hall–Kier alpha value is -2.93. The summed E-state index contributed by atoms with van der Waals surface area (Å²) in [4.78, 5) is 25.0. The van der Waals surface area contributed by atoms with Gasteiger partial charge in [-0.25, -0.2) is 4.98 Å². The van der Waals surface area contributed by atoms with Gasteiger partial charge in [-0.3, -0.25) is 4.79 Å². The Morgan fingerprint density at radius 1 is 1.08 bits per heavy atom. The highest BCUT2D eigenvalue weighted by Gasteiger charge is 2.30. The Kier molecular flexibility index (Phi) is 8.03. The van der Waals surface area contributed by atoms with Crippen LogP contribution in [0.2, 0.25) is 0 Å². The second-order valence-corrected chi connectivity index (χ2v) is 11.7. The molecule has 0 radical (unpaired) electrons. The van der Waals surface area contributed by atoms with Crippen LogP contribution in [0.4, 0.5) is 5.95 Å². The highest BCUT2D eigenvalue weighted by Crippen LogP contribution is 2.38. The van der Waals surface area contributed by atoms with Gasteiger partial charge in [0.25, 0.3) is 5.91 Å². The highest BCUT2D eigenvalue weighted by atomic mass is 16.3. The SMILES string of the molecule is CCC[C@H](C)Nc1ncc2c(C3CCN(C(=O)c4cc(C)cc(C)c4)CC3)cn(C3CCC(O)CC3)c2n1. The molecule has 1 atom stereocenters. The molecular weight excluding hydrogens is 474 g/mol. The fraction of sp³-hybridized carbons (Fsp3) is 0.581. The maximum atomic E-state index is 13.2. The molecule has 1 aliphatic carbocycles. The van der Waals surface area contributed by atoms with Gasteiger partial charge in [0, 0.05) is 48.5 Å². The second-order valence-electron chi connectivity index (χ2n) is 11.7. The van der Waals surface area contributed by atoms with Crippen molar-refractivity contribution in [2.45, 2.75) is 103 Å². The quantitative estimate of drug-likeness (QED) is 0.393. The van der Waals surface area contributed by atoms with Gasteiger partial charge in [0.2, 0.25) is 5.95 Å². The van der Waals surface area contributed by atoms with Crippen LogP contribution in [0.3, 0.4) is 0 Å². The lowest BCUT2D eigenvalue weighted by Crippen LogP contribution is -2.38. The minimum absolute atomic E-state index is 0.138. The van der Waals surface area contributed by atoms with E-state index in [4.69, 9.17) is 9.97 Å². The number of hydrogen-bond acceptors (Lipinski definition) is 5. The summed E-state index contributed by atoms with van der Waals surface area (Å²) in [5.74, 6) is 1.20. The number of aromatic nitrogens is 3. The van der Waals surface area contributed by atoms with E-state index in [-0.39, 0.29) is 12.0 Å². The predicted molar refractivity (Wildman–Crippen MR) is 153 cm³/mol. The molecule has 0 bridgehead atoms. The predicted octanol–water partition coefficient (Wildman–Crippen LogP) is 6.14. The number of amides is 1. The van der Waals surface area contributed by atoms with E-state index in [9.17, 15) is 9.90 Å². The van der Waals surface area contributed by atoms with Crippen molar-refractivity contribution >= 4 is 22.9 Å². The first-order valence-corrected chi connectivity index (χ1v) is 14.5. The van der Waals surface area contributed by atoms with Crippen molar-refractivity contribution in [2.24, 2.45) is 0 Å². The highest BCUT2D eigenvalue weighted by molar-refractivity contribution is 5.94. The molecule has 5 rings (SSSR count). The molecule has 2 aliphatic rings. The molecule has 3 aromatic rings. The van der Waals surface area contributed by atoms with Crippen LogP contribution < -0.4 is 5.32 Å². The summed E-state index contributed by atoms with van der Waals surface area (Å²) in [6.45, 7) is 9.98. The molecule has 1 aromatic carbocycles. The van der Waals surface area contributed by atoms with Gasteiger partial charge < -0.3 is 19.9 Å². The number of aliphatic hydroxyl groups is 1. The van der Waals surface area contributed by atoms with Gasteiger partial charge in [0.1, 0.15) is 5.65 Å². The average molecular weight is 518 g/mol. The van der Waals surface area contributed by atoms with Crippen LogP contribution in [-0.4, -0.2) is 55.7 Å². The van der Waals surface area contributed by atoms with Gasteiger partial charge in [-0.1, -0.05) is 30.5 Å². The van der Waals surface area contributed by atoms with Gasteiger partial charge in [-0.2, -0.15) is 4.98 Å². The van der Waals surface area contributed by atoms with Crippen LogP contribution in [0.15, 0.2) is 30.6 Å². The van der Waals surface area contributed by atoms with E-state index in [0.717, 1.165) is 92.2 Å². The lowest BCUT2D eigenvalue weighted by Gasteiger charge is -2.32. The molecule has 1 saturated carbocycles. The van der Waals surface area contributed by atoms with Crippen LogP contribution >= 0.6 is 0 Å². The Bertz CT molecular complexity index is 1250. The number of fused-ring (bicyclic) bond motifs is 1. The lowest BCUT2D eigenvalue weighted by atomic mass is 9.89.